The zero-order valence-electron chi connectivity index (χ0n) is 18.3. The van der Waals surface area contributed by atoms with Crippen molar-refractivity contribution in [1.29, 1.82) is 0 Å². The molecule has 3 aromatic rings. The van der Waals surface area contributed by atoms with Gasteiger partial charge in [0.25, 0.3) is 0 Å². The van der Waals surface area contributed by atoms with Crippen LogP contribution in [0.3, 0.4) is 0 Å². The number of carbonyl (C=O) groups is 2. The van der Waals surface area contributed by atoms with Crippen molar-refractivity contribution in [3.05, 3.63) is 88.4 Å². The van der Waals surface area contributed by atoms with Crippen LogP contribution in [0.4, 0.5) is 14.9 Å². The van der Waals surface area contributed by atoms with Crippen LogP contribution in [0.2, 0.25) is 0 Å². The van der Waals surface area contributed by atoms with Crippen molar-refractivity contribution in [2.75, 3.05) is 18.4 Å². The number of nitrogens with zero attached hydrogens (tertiary/aromatic N) is 2. The van der Waals surface area contributed by atoms with Crippen LogP contribution >= 0.6 is 11.3 Å². The maximum Gasteiger partial charge on any atom is 0.322 e. The van der Waals surface area contributed by atoms with E-state index in [9.17, 15) is 14.0 Å². The first-order chi connectivity index (χ1) is 15.4. The van der Waals surface area contributed by atoms with Gasteiger partial charge in [0.05, 0.1) is 6.54 Å². The van der Waals surface area contributed by atoms with Crippen molar-refractivity contribution in [3.8, 4) is 0 Å². The second-order valence-electron chi connectivity index (χ2n) is 8.03. The van der Waals surface area contributed by atoms with Crippen molar-refractivity contribution in [2.24, 2.45) is 5.92 Å². The average molecular weight is 454 g/mol. The van der Waals surface area contributed by atoms with Crippen molar-refractivity contribution >= 4 is 29.0 Å². The Kier molecular flexibility index (Phi) is 8.39. The first-order valence-corrected chi connectivity index (χ1v) is 11.4. The monoisotopic (exact) mass is 453 g/mol. The van der Waals surface area contributed by atoms with Gasteiger partial charge < -0.3 is 15.1 Å². The minimum absolute atomic E-state index is 0.0580. The molecule has 0 aliphatic heterocycles. The fourth-order valence-electron chi connectivity index (χ4n) is 3.32. The summed E-state index contributed by atoms with van der Waals surface area (Å²) in [4.78, 5) is 30.6. The molecule has 0 aliphatic rings. The van der Waals surface area contributed by atoms with Gasteiger partial charge in [0.15, 0.2) is 0 Å². The van der Waals surface area contributed by atoms with Crippen molar-refractivity contribution in [2.45, 2.75) is 26.9 Å². The number of urea groups is 1. The lowest BCUT2D eigenvalue weighted by Crippen LogP contribution is -2.45. The Balaban J connectivity index is 1.75. The Morgan fingerprint density at radius 2 is 1.75 bits per heavy atom. The van der Waals surface area contributed by atoms with Crippen LogP contribution in [-0.2, 0) is 17.9 Å². The van der Waals surface area contributed by atoms with Crippen LogP contribution < -0.4 is 5.32 Å². The normalized spacial score (nSPS) is 10.8. The molecule has 5 nitrogen and oxygen atoms in total. The largest absolute Gasteiger partial charge is 0.332 e. The lowest BCUT2D eigenvalue weighted by molar-refractivity contribution is -0.133. The SMILES string of the molecule is CC(C)CN(CC(=O)N(Cc1ccccc1)Cc1cccs1)C(=O)Nc1cccc(F)c1. The van der Waals surface area contributed by atoms with E-state index >= 15 is 0 Å². The third kappa shape index (κ3) is 7.20. The van der Waals surface area contributed by atoms with Gasteiger partial charge >= 0.3 is 6.03 Å². The summed E-state index contributed by atoms with van der Waals surface area (Å²) in [5, 5.41) is 4.69. The second-order valence-corrected chi connectivity index (χ2v) is 9.06. The summed E-state index contributed by atoms with van der Waals surface area (Å²) >= 11 is 1.60. The van der Waals surface area contributed by atoms with E-state index in [1.165, 1.54) is 23.1 Å². The van der Waals surface area contributed by atoms with Crippen molar-refractivity contribution in [1.82, 2.24) is 9.80 Å². The zero-order chi connectivity index (χ0) is 22.9. The predicted molar refractivity (Wildman–Crippen MR) is 127 cm³/mol. The fourth-order valence-corrected chi connectivity index (χ4v) is 4.04. The van der Waals surface area contributed by atoms with Gasteiger partial charge in [-0.3, -0.25) is 4.79 Å². The van der Waals surface area contributed by atoms with Gasteiger partial charge in [0.2, 0.25) is 5.91 Å². The number of hydrogen-bond donors (Lipinski definition) is 1. The van der Waals surface area contributed by atoms with Crippen molar-refractivity contribution in [3.63, 3.8) is 0 Å². The molecule has 168 valence electrons. The molecule has 1 N–H and O–H groups in total. The van der Waals surface area contributed by atoms with E-state index in [4.69, 9.17) is 0 Å². The summed E-state index contributed by atoms with van der Waals surface area (Å²) < 4.78 is 13.5. The van der Waals surface area contributed by atoms with Gasteiger partial charge in [-0.25, -0.2) is 9.18 Å². The van der Waals surface area contributed by atoms with E-state index in [0.717, 1.165) is 10.4 Å². The highest BCUT2D eigenvalue weighted by molar-refractivity contribution is 7.09. The standard InChI is InChI=1S/C25H28FN3O2S/c1-19(2)15-29(25(31)27-22-11-6-10-21(26)14-22)18-24(30)28(17-23-12-7-13-32-23)16-20-8-4-3-5-9-20/h3-14,19H,15-18H2,1-2H3,(H,27,31). The summed E-state index contributed by atoms with van der Waals surface area (Å²) in [5.41, 5.74) is 1.38. The Morgan fingerprint density at radius 1 is 0.969 bits per heavy atom. The number of amides is 3. The number of halogens is 1. The molecule has 7 heteroatoms. The van der Waals surface area contributed by atoms with Gasteiger partial charge in [-0.05, 0) is 41.1 Å². The minimum Gasteiger partial charge on any atom is -0.332 e. The zero-order valence-corrected chi connectivity index (χ0v) is 19.1. The molecule has 0 saturated carbocycles. The molecule has 0 saturated heterocycles. The molecule has 0 aliphatic carbocycles. The van der Waals surface area contributed by atoms with Crippen LogP contribution in [-0.4, -0.2) is 34.8 Å². The van der Waals surface area contributed by atoms with E-state index in [2.05, 4.69) is 5.32 Å². The van der Waals surface area contributed by atoms with Gasteiger partial charge in [-0.1, -0.05) is 56.3 Å². The van der Waals surface area contributed by atoms with E-state index < -0.39 is 11.8 Å². The Hall–Kier alpha value is -3.19. The molecule has 0 unspecified atom stereocenters. The fraction of sp³-hybridized carbons (Fsp3) is 0.280. The van der Waals surface area contributed by atoms with Crippen LogP contribution in [0.5, 0.6) is 0 Å². The van der Waals surface area contributed by atoms with E-state index in [-0.39, 0.29) is 18.4 Å². The molecule has 32 heavy (non-hydrogen) atoms. The molecule has 0 radical (unpaired) electrons. The van der Waals surface area contributed by atoms with Crippen molar-refractivity contribution < 1.29 is 14.0 Å². The molecule has 1 heterocycles. The van der Waals surface area contributed by atoms with Crippen LogP contribution in [0, 0.1) is 11.7 Å². The van der Waals surface area contributed by atoms with E-state index in [0.29, 0.717) is 25.3 Å². The number of benzene rings is 2. The highest BCUT2D eigenvalue weighted by atomic mass is 32.1. The molecule has 0 atom stereocenters. The summed E-state index contributed by atoms with van der Waals surface area (Å²) in [6.07, 6.45) is 0. The molecule has 0 bridgehead atoms. The summed E-state index contributed by atoms with van der Waals surface area (Å²) in [6.45, 7) is 5.26. The quantitative estimate of drug-likeness (QED) is 0.458. The van der Waals surface area contributed by atoms with Crippen LogP contribution in [0.1, 0.15) is 24.3 Å². The minimum atomic E-state index is -0.431. The first-order valence-electron chi connectivity index (χ1n) is 10.6. The molecular weight excluding hydrogens is 425 g/mol. The van der Waals surface area contributed by atoms with Gasteiger partial charge in [-0.2, -0.15) is 0 Å². The maximum absolute atomic E-state index is 13.5. The van der Waals surface area contributed by atoms with Crippen LogP contribution in [0.25, 0.3) is 0 Å². The Bertz CT molecular complexity index is 1010. The Morgan fingerprint density at radius 3 is 2.41 bits per heavy atom. The molecule has 1 aromatic heterocycles. The van der Waals surface area contributed by atoms with E-state index in [1.807, 2.05) is 61.7 Å². The highest BCUT2D eigenvalue weighted by Gasteiger charge is 2.23. The predicted octanol–water partition coefficient (Wildman–Crippen LogP) is 5.61. The third-order valence-electron chi connectivity index (χ3n) is 4.77. The molecule has 2 aromatic carbocycles. The number of thiophene rings is 1. The molecule has 3 rings (SSSR count). The number of nitrogens with one attached hydrogen (secondary N) is 1. The summed E-state index contributed by atoms with van der Waals surface area (Å²) in [6, 6.07) is 19.1. The molecule has 3 amide bonds. The third-order valence-corrected chi connectivity index (χ3v) is 5.63. The van der Waals surface area contributed by atoms with Gasteiger partial charge in [0, 0.05) is 23.7 Å². The van der Waals surface area contributed by atoms with Crippen LogP contribution in [0.15, 0.2) is 72.1 Å². The molecule has 0 spiro atoms. The molecular formula is C25H28FN3O2S. The van der Waals surface area contributed by atoms with E-state index in [1.54, 1.807) is 22.3 Å². The van der Waals surface area contributed by atoms with Gasteiger partial charge in [0.1, 0.15) is 12.4 Å². The highest BCUT2D eigenvalue weighted by Crippen LogP contribution is 2.16. The number of anilines is 1. The second kappa shape index (κ2) is 11.4. The lowest BCUT2D eigenvalue weighted by Gasteiger charge is -2.29. The smallest absolute Gasteiger partial charge is 0.322 e. The number of hydrogen-bond acceptors (Lipinski definition) is 3. The number of carbonyl (C=O) groups excluding carboxylic acids is 2. The van der Waals surface area contributed by atoms with Gasteiger partial charge in [-0.15, -0.1) is 11.3 Å². The first kappa shape index (κ1) is 23.5. The number of rotatable bonds is 9. The summed E-state index contributed by atoms with van der Waals surface area (Å²) in [7, 11) is 0. The Labute approximate surface area is 192 Å². The summed E-state index contributed by atoms with van der Waals surface area (Å²) in [5.74, 6) is -0.405. The average Bonchev–Trinajstić information content (AvgIpc) is 3.26. The molecule has 0 fully saturated rings. The topological polar surface area (TPSA) is 52.7 Å². The lowest BCUT2D eigenvalue weighted by atomic mass is 10.2. The maximum atomic E-state index is 13.5.